The number of rotatable bonds is 6. The van der Waals surface area contributed by atoms with Crippen molar-refractivity contribution < 1.29 is 14.2 Å². The van der Waals surface area contributed by atoms with Gasteiger partial charge in [0.25, 0.3) is 0 Å². The summed E-state index contributed by atoms with van der Waals surface area (Å²) in [5.41, 5.74) is -0.0350. The molecular formula is C22H22ClN5O3. The zero-order valence-electron chi connectivity index (χ0n) is 17.3. The number of urea groups is 1. The third-order valence-corrected chi connectivity index (χ3v) is 5.79. The Hall–Kier alpha value is -2.94. The van der Waals surface area contributed by atoms with Gasteiger partial charge in [-0.1, -0.05) is 30.7 Å². The second kappa shape index (κ2) is 7.96. The van der Waals surface area contributed by atoms with Gasteiger partial charge in [-0.25, -0.2) is 24.2 Å². The number of aliphatic imine (C=N–C) groups is 2. The van der Waals surface area contributed by atoms with Crippen molar-refractivity contribution in [1.82, 2.24) is 9.88 Å². The third kappa shape index (κ3) is 3.27. The van der Waals surface area contributed by atoms with Crippen LogP contribution in [0, 0.1) is 5.21 Å². The van der Waals surface area contributed by atoms with E-state index < -0.39 is 22.2 Å². The molecular weight excluding hydrogens is 418 g/mol. The van der Waals surface area contributed by atoms with Crippen LogP contribution < -0.4 is 0 Å². The molecule has 2 aromatic rings. The zero-order chi connectivity index (χ0) is 22.2. The molecule has 4 rings (SSSR count). The molecule has 1 aromatic heterocycles. The normalized spacial score (nSPS) is 25.4. The number of carbonyl (C=O) groups excluding carboxylic acids is 2. The van der Waals surface area contributed by atoms with Crippen LogP contribution in [0.3, 0.4) is 0 Å². The molecule has 2 unspecified atom stereocenters. The summed E-state index contributed by atoms with van der Waals surface area (Å²) in [7, 11) is 0. The Morgan fingerprint density at radius 1 is 1.10 bits per heavy atom. The average molecular weight is 440 g/mol. The van der Waals surface area contributed by atoms with E-state index in [-0.39, 0.29) is 18.8 Å². The van der Waals surface area contributed by atoms with Crippen LogP contribution >= 0.6 is 11.6 Å². The highest BCUT2D eigenvalue weighted by Crippen LogP contribution is 2.43. The molecule has 2 aliphatic heterocycles. The average Bonchev–Trinajstić information content (AvgIpc) is 3.14. The summed E-state index contributed by atoms with van der Waals surface area (Å²) >= 11 is 6.07. The highest BCUT2D eigenvalue weighted by molar-refractivity contribution is 6.45. The Kier molecular flexibility index (Phi) is 5.47. The molecule has 0 spiro atoms. The number of hydrogen-bond donors (Lipinski definition) is 0. The minimum absolute atomic E-state index is 0.0243. The van der Waals surface area contributed by atoms with Gasteiger partial charge in [0.05, 0.1) is 6.54 Å². The summed E-state index contributed by atoms with van der Waals surface area (Å²) in [6.07, 6.45) is 4.04. The summed E-state index contributed by atoms with van der Waals surface area (Å²) in [6, 6.07) is 9.60. The molecule has 31 heavy (non-hydrogen) atoms. The first-order valence-electron chi connectivity index (χ1n) is 10.2. The fourth-order valence-corrected chi connectivity index (χ4v) is 4.25. The number of carbonyl (C=O) groups is 2. The first-order valence-corrected chi connectivity index (χ1v) is 10.5. The van der Waals surface area contributed by atoms with Crippen molar-refractivity contribution >= 4 is 35.1 Å². The number of benzene rings is 1. The quantitative estimate of drug-likeness (QED) is 0.506. The molecule has 2 aliphatic rings. The topological polar surface area (TPSA) is 98.0 Å². The number of hydrogen-bond acceptors (Lipinski definition) is 6. The highest BCUT2D eigenvalue weighted by atomic mass is 35.5. The van der Waals surface area contributed by atoms with Crippen LogP contribution in [-0.2, 0) is 16.9 Å². The van der Waals surface area contributed by atoms with Gasteiger partial charge in [-0.2, -0.15) is 0 Å². The molecule has 160 valence electrons. The number of quaternary nitrogens is 1. The Morgan fingerprint density at radius 3 is 2.39 bits per heavy atom. The van der Waals surface area contributed by atoms with Crippen LogP contribution in [-0.4, -0.2) is 51.1 Å². The Morgan fingerprint density at radius 2 is 1.77 bits per heavy atom. The fourth-order valence-electron chi connectivity index (χ4n) is 4.13. The Balaban J connectivity index is 1.91. The second-order valence-electron chi connectivity index (χ2n) is 7.50. The van der Waals surface area contributed by atoms with Crippen LogP contribution in [0.4, 0.5) is 4.79 Å². The van der Waals surface area contributed by atoms with Gasteiger partial charge >= 0.3 is 11.9 Å². The minimum atomic E-state index is -1.59. The Bertz CT molecular complexity index is 1090. The standard InChI is InChI=1S/C22H22ClN5O3/c1-3-13-28(31)20(29)19-22(27(4-2)21(28)30,16-5-7-17(23)8-6-16)26-18(25-19)14-15-9-11-24-12-10-15/h5-12H,3-4,13-14H2,1-2H3. The van der Waals surface area contributed by atoms with Crippen LogP contribution in [0.25, 0.3) is 0 Å². The highest BCUT2D eigenvalue weighted by Gasteiger charge is 2.63. The van der Waals surface area contributed by atoms with Crippen LogP contribution in [0.1, 0.15) is 31.4 Å². The first-order chi connectivity index (χ1) is 14.9. The molecule has 0 radical (unpaired) electrons. The van der Waals surface area contributed by atoms with E-state index in [0.717, 1.165) is 5.56 Å². The van der Waals surface area contributed by atoms with Gasteiger partial charge in [-0.3, -0.25) is 9.88 Å². The predicted molar refractivity (Wildman–Crippen MR) is 118 cm³/mol. The minimum Gasteiger partial charge on any atom is -0.616 e. The van der Waals surface area contributed by atoms with Gasteiger partial charge < -0.3 is 5.21 Å². The molecule has 2 atom stereocenters. The van der Waals surface area contributed by atoms with Gasteiger partial charge in [0.2, 0.25) is 11.4 Å². The smallest absolute Gasteiger partial charge is 0.429 e. The van der Waals surface area contributed by atoms with Gasteiger partial charge in [-0.05, 0) is 43.2 Å². The van der Waals surface area contributed by atoms with Gasteiger partial charge in [-0.15, -0.1) is 0 Å². The lowest BCUT2D eigenvalue weighted by Gasteiger charge is -2.49. The third-order valence-electron chi connectivity index (χ3n) is 5.54. The number of amidine groups is 1. The Labute approximate surface area is 185 Å². The molecule has 0 N–H and O–H groups in total. The van der Waals surface area contributed by atoms with Crippen molar-refractivity contribution in [3.63, 3.8) is 0 Å². The van der Waals surface area contributed by atoms with Crippen LogP contribution in [0.2, 0.25) is 5.02 Å². The monoisotopic (exact) mass is 439 g/mol. The van der Waals surface area contributed by atoms with E-state index in [1.54, 1.807) is 50.5 Å². The molecule has 1 fully saturated rings. The second-order valence-corrected chi connectivity index (χ2v) is 7.93. The van der Waals surface area contributed by atoms with E-state index in [4.69, 9.17) is 16.6 Å². The van der Waals surface area contributed by atoms with E-state index in [1.165, 1.54) is 4.90 Å². The number of pyridine rings is 1. The molecule has 0 saturated carbocycles. The van der Waals surface area contributed by atoms with E-state index in [9.17, 15) is 14.8 Å². The number of nitrogens with zero attached hydrogens (tertiary/aromatic N) is 5. The van der Waals surface area contributed by atoms with E-state index in [0.29, 0.717) is 29.3 Å². The van der Waals surface area contributed by atoms with Gasteiger partial charge in [0.15, 0.2) is 0 Å². The molecule has 0 bridgehead atoms. The largest absolute Gasteiger partial charge is 0.616 e. The molecule has 8 nitrogen and oxygen atoms in total. The summed E-state index contributed by atoms with van der Waals surface area (Å²) in [5, 5.41) is 13.9. The number of hydroxylamine groups is 3. The maximum atomic E-state index is 13.4. The number of fused-ring (bicyclic) bond motifs is 1. The summed E-state index contributed by atoms with van der Waals surface area (Å²) in [6.45, 7) is 3.56. The van der Waals surface area contributed by atoms with Crippen molar-refractivity contribution in [2.45, 2.75) is 32.4 Å². The first kappa shape index (κ1) is 21.3. The molecule has 0 aliphatic carbocycles. The zero-order valence-corrected chi connectivity index (χ0v) is 18.0. The molecule has 1 aromatic carbocycles. The number of aromatic nitrogens is 1. The summed E-state index contributed by atoms with van der Waals surface area (Å²) in [4.78, 5) is 41.4. The lowest BCUT2D eigenvalue weighted by Crippen LogP contribution is -2.72. The van der Waals surface area contributed by atoms with E-state index >= 15 is 0 Å². The lowest BCUT2D eigenvalue weighted by atomic mass is 9.90. The van der Waals surface area contributed by atoms with Crippen molar-refractivity contribution in [3.05, 3.63) is 70.1 Å². The SMILES string of the molecule is CCC[N+]1([O-])C(=O)C2=NC(Cc3ccncc3)=NC2(c2ccc(Cl)cc2)N(CC)C1=O. The van der Waals surface area contributed by atoms with Crippen molar-refractivity contribution in [2.75, 3.05) is 13.1 Å². The maximum absolute atomic E-state index is 13.4. The van der Waals surface area contributed by atoms with E-state index in [2.05, 4.69) is 9.98 Å². The lowest BCUT2D eigenvalue weighted by molar-refractivity contribution is -0.723. The van der Waals surface area contributed by atoms with Crippen molar-refractivity contribution in [3.8, 4) is 0 Å². The van der Waals surface area contributed by atoms with Gasteiger partial charge in [0.1, 0.15) is 5.84 Å². The van der Waals surface area contributed by atoms with E-state index in [1.807, 2.05) is 12.1 Å². The van der Waals surface area contributed by atoms with Crippen molar-refractivity contribution in [2.24, 2.45) is 9.98 Å². The van der Waals surface area contributed by atoms with Gasteiger partial charge in [0, 0.05) is 35.9 Å². The van der Waals surface area contributed by atoms with Crippen molar-refractivity contribution in [1.29, 1.82) is 0 Å². The summed E-state index contributed by atoms with van der Waals surface area (Å²) in [5.74, 6) is -0.485. The number of halogens is 1. The van der Waals surface area contributed by atoms with Crippen LogP contribution in [0.5, 0.6) is 0 Å². The summed E-state index contributed by atoms with van der Waals surface area (Å²) < 4.78 is -1.59. The molecule has 3 amide bonds. The predicted octanol–water partition coefficient (Wildman–Crippen LogP) is 3.69. The maximum Gasteiger partial charge on any atom is 0.429 e. The molecule has 3 heterocycles. The van der Waals surface area contributed by atoms with Crippen LogP contribution in [0.15, 0.2) is 58.8 Å². The molecule has 9 heteroatoms. The number of imide groups is 1. The fraction of sp³-hybridized carbons (Fsp3) is 0.318. The molecule has 1 saturated heterocycles. The number of amides is 3.